The molecule has 4 heteroatoms. The lowest BCUT2D eigenvalue weighted by Gasteiger charge is -2.23. The third-order valence-corrected chi connectivity index (χ3v) is 4.63. The summed E-state index contributed by atoms with van der Waals surface area (Å²) in [6, 6.07) is 13.6. The molecule has 1 atom stereocenters. The summed E-state index contributed by atoms with van der Waals surface area (Å²) in [6.07, 6.45) is 2.50. The smallest absolute Gasteiger partial charge is 0.145 e. The normalized spacial score (nSPS) is 16.0. The van der Waals surface area contributed by atoms with Gasteiger partial charge in [0.2, 0.25) is 0 Å². The molecule has 0 spiro atoms. The van der Waals surface area contributed by atoms with Gasteiger partial charge in [0.25, 0.3) is 0 Å². The molecule has 0 amide bonds. The maximum absolute atomic E-state index is 14.0. The van der Waals surface area contributed by atoms with Crippen LogP contribution >= 0.6 is 11.6 Å². The second kappa shape index (κ2) is 6.14. The highest BCUT2D eigenvalue weighted by Gasteiger charge is 2.28. The molecule has 0 saturated carbocycles. The molecule has 2 aromatic rings. The standard InChI is InChI=1S/C17H18ClFN2/c18-15-7-3-6-13(17(15)19)10-16(21-20)14-8-11-4-1-2-5-12(11)9-14/h1-7,14,16,21H,8-10,20H2. The van der Waals surface area contributed by atoms with E-state index in [4.69, 9.17) is 17.4 Å². The predicted octanol–water partition coefficient (Wildman–Crippen LogP) is 3.27. The van der Waals surface area contributed by atoms with Gasteiger partial charge in [-0.25, -0.2) is 4.39 Å². The van der Waals surface area contributed by atoms with E-state index in [-0.39, 0.29) is 16.9 Å². The number of fused-ring (bicyclic) bond motifs is 1. The predicted molar refractivity (Wildman–Crippen MR) is 83.6 cm³/mol. The van der Waals surface area contributed by atoms with Crippen LogP contribution in [-0.2, 0) is 19.3 Å². The Morgan fingerprint density at radius 3 is 2.43 bits per heavy atom. The summed E-state index contributed by atoms with van der Waals surface area (Å²) in [7, 11) is 0. The number of nitrogens with one attached hydrogen (secondary N) is 1. The molecule has 110 valence electrons. The molecule has 21 heavy (non-hydrogen) atoms. The fourth-order valence-corrected chi connectivity index (χ4v) is 3.38. The van der Waals surface area contributed by atoms with Gasteiger partial charge in [-0.2, -0.15) is 0 Å². The monoisotopic (exact) mass is 304 g/mol. The maximum atomic E-state index is 14.0. The maximum Gasteiger partial charge on any atom is 0.145 e. The van der Waals surface area contributed by atoms with E-state index >= 15 is 0 Å². The van der Waals surface area contributed by atoms with E-state index < -0.39 is 0 Å². The summed E-state index contributed by atoms with van der Waals surface area (Å²) in [5, 5.41) is 0.165. The first-order valence-electron chi connectivity index (χ1n) is 7.15. The number of benzene rings is 2. The van der Waals surface area contributed by atoms with Gasteiger partial charge in [0.1, 0.15) is 5.82 Å². The number of rotatable bonds is 4. The van der Waals surface area contributed by atoms with Crippen LogP contribution in [0, 0.1) is 11.7 Å². The molecule has 1 aliphatic rings. The van der Waals surface area contributed by atoms with Crippen molar-refractivity contribution in [2.24, 2.45) is 11.8 Å². The first-order valence-corrected chi connectivity index (χ1v) is 7.52. The van der Waals surface area contributed by atoms with E-state index in [0.29, 0.717) is 17.9 Å². The Balaban J connectivity index is 1.77. The quantitative estimate of drug-likeness (QED) is 0.672. The zero-order valence-electron chi connectivity index (χ0n) is 11.7. The van der Waals surface area contributed by atoms with Gasteiger partial charge >= 0.3 is 0 Å². The summed E-state index contributed by atoms with van der Waals surface area (Å²) in [6.45, 7) is 0. The molecular weight excluding hydrogens is 287 g/mol. The Labute approximate surface area is 129 Å². The van der Waals surface area contributed by atoms with Crippen molar-refractivity contribution in [1.29, 1.82) is 0 Å². The van der Waals surface area contributed by atoms with E-state index in [9.17, 15) is 4.39 Å². The molecule has 1 aliphatic carbocycles. The Hall–Kier alpha value is -1.42. The number of hydrogen-bond donors (Lipinski definition) is 2. The van der Waals surface area contributed by atoms with Crippen LogP contribution in [0.2, 0.25) is 5.02 Å². The first kappa shape index (κ1) is 14.5. The number of hydrazine groups is 1. The minimum atomic E-state index is -0.338. The van der Waals surface area contributed by atoms with Gasteiger partial charge in [-0.05, 0) is 47.9 Å². The van der Waals surface area contributed by atoms with Crippen LogP contribution in [0.15, 0.2) is 42.5 Å². The van der Waals surface area contributed by atoms with Crippen molar-refractivity contribution in [3.05, 3.63) is 70.0 Å². The van der Waals surface area contributed by atoms with Crippen LogP contribution in [-0.4, -0.2) is 6.04 Å². The third kappa shape index (κ3) is 2.95. The molecule has 1 unspecified atom stereocenters. The Bertz CT molecular complexity index is 619. The van der Waals surface area contributed by atoms with Crippen molar-refractivity contribution in [1.82, 2.24) is 5.43 Å². The summed E-state index contributed by atoms with van der Waals surface area (Å²) in [5.74, 6) is 5.76. The number of nitrogens with two attached hydrogens (primary N) is 1. The van der Waals surface area contributed by atoms with E-state index in [2.05, 4.69) is 29.7 Å². The van der Waals surface area contributed by atoms with Crippen molar-refractivity contribution in [3.8, 4) is 0 Å². The van der Waals surface area contributed by atoms with Crippen LogP contribution in [0.25, 0.3) is 0 Å². The highest BCUT2D eigenvalue weighted by Crippen LogP contribution is 2.30. The molecule has 0 saturated heterocycles. The Morgan fingerprint density at radius 2 is 1.81 bits per heavy atom. The Morgan fingerprint density at radius 1 is 1.14 bits per heavy atom. The third-order valence-electron chi connectivity index (χ3n) is 4.34. The lowest BCUT2D eigenvalue weighted by atomic mass is 9.91. The molecule has 2 aromatic carbocycles. The van der Waals surface area contributed by atoms with Crippen LogP contribution < -0.4 is 11.3 Å². The molecule has 0 bridgehead atoms. The van der Waals surface area contributed by atoms with Gasteiger partial charge < -0.3 is 0 Å². The fourth-order valence-electron chi connectivity index (χ4n) is 3.18. The van der Waals surface area contributed by atoms with Gasteiger partial charge in [0.05, 0.1) is 5.02 Å². The highest BCUT2D eigenvalue weighted by molar-refractivity contribution is 6.30. The van der Waals surface area contributed by atoms with E-state index in [1.807, 2.05) is 0 Å². The second-order valence-electron chi connectivity index (χ2n) is 5.63. The van der Waals surface area contributed by atoms with Crippen LogP contribution in [0.5, 0.6) is 0 Å². The summed E-state index contributed by atoms with van der Waals surface area (Å²) in [5.41, 5.74) is 6.22. The van der Waals surface area contributed by atoms with E-state index in [1.54, 1.807) is 18.2 Å². The minimum Gasteiger partial charge on any atom is -0.271 e. The van der Waals surface area contributed by atoms with Crippen molar-refractivity contribution in [2.75, 3.05) is 0 Å². The van der Waals surface area contributed by atoms with E-state index in [0.717, 1.165) is 12.8 Å². The number of hydrogen-bond acceptors (Lipinski definition) is 2. The molecule has 2 nitrogen and oxygen atoms in total. The van der Waals surface area contributed by atoms with Gasteiger partial charge in [0, 0.05) is 6.04 Å². The highest BCUT2D eigenvalue weighted by atomic mass is 35.5. The first-order chi connectivity index (χ1) is 10.2. The van der Waals surface area contributed by atoms with E-state index in [1.165, 1.54) is 11.1 Å². The minimum absolute atomic E-state index is 0.0327. The molecule has 3 N–H and O–H groups in total. The average Bonchev–Trinajstić information content (AvgIpc) is 2.92. The molecule has 0 heterocycles. The van der Waals surface area contributed by atoms with Gasteiger partial charge in [-0.3, -0.25) is 11.3 Å². The molecule has 0 fully saturated rings. The van der Waals surface area contributed by atoms with Crippen molar-refractivity contribution >= 4 is 11.6 Å². The van der Waals surface area contributed by atoms with Crippen molar-refractivity contribution in [2.45, 2.75) is 25.3 Å². The van der Waals surface area contributed by atoms with Gasteiger partial charge in [0.15, 0.2) is 0 Å². The van der Waals surface area contributed by atoms with Crippen molar-refractivity contribution < 1.29 is 4.39 Å². The molecule has 0 aliphatic heterocycles. The summed E-state index contributed by atoms with van der Waals surface area (Å²) >= 11 is 5.85. The Kier molecular flexibility index (Phi) is 4.24. The zero-order valence-corrected chi connectivity index (χ0v) is 12.4. The van der Waals surface area contributed by atoms with Crippen LogP contribution in [0.1, 0.15) is 16.7 Å². The lowest BCUT2D eigenvalue weighted by molar-refractivity contribution is 0.363. The van der Waals surface area contributed by atoms with Crippen LogP contribution in [0.3, 0.4) is 0 Å². The lowest BCUT2D eigenvalue weighted by Crippen LogP contribution is -2.43. The average molecular weight is 305 g/mol. The van der Waals surface area contributed by atoms with Gasteiger partial charge in [-0.15, -0.1) is 0 Å². The molecule has 0 radical (unpaired) electrons. The fraction of sp³-hybridized carbons (Fsp3) is 0.294. The summed E-state index contributed by atoms with van der Waals surface area (Å²) in [4.78, 5) is 0. The van der Waals surface area contributed by atoms with Gasteiger partial charge in [-0.1, -0.05) is 48.0 Å². The van der Waals surface area contributed by atoms with Crippen LogP contribution in [0.4, 0.5) is 4.39 Å². The summed E-state index contributed by atoms with van der Waals surface area (Å²) < 4.78 is 14.0. The molecule has 0 aromatic heterocycles. The molecular formula is C17H18ClFN2. The SMILES string of the molecule is NNC(Cc1cccc(Cl)c1F)C1Cc2ccccc2C1. The topological polar surface area (TPSA) is 38.0 Å². The van der Waals surface area contributed by atoms with Crippen molar-refractivity contribution in [3.63, 3.8) is 0 Å². The largest absolute Gasteiger partial charge is 0.271 e. The molecule has 3 rings (SSSR count). The second-order valence-corrected chi connectivity index (χ2v) is 6.03. The zero-order chi connectivity index (χ0) is 14.8. The number of halogens is 2.